The quantitative estimate of drug-likeness (QED) is 0.837. The molecule has 1 unspecified atom stereocenters. The first kappa shape index (κ1) is 12.8. The Labute approximate surface area is 106 Å². The Hall–Kier alpha value is -1.69. The standard InChI is InChI=1S/C12H18N4O2/c1-2-10(12(17)18)15-5-7-16(8-6-15)11-9-13-3-4-14-11/h3-4,9-10H,2,5-8H2,1H3,(H,17,18). The van der Waals surface area contributed by atoms with Crippen LogP contribution in [0.4, 0.5) is 5.82 Å². The molecular formula is C12H18N4O2. The summed E-state index contributed by atoms with van der Waals surface area (Å²) in [6.07, 6.45) is 5.70. The van der Waals surface area contributed by atoms with Crippen molar-refractivity contribution in [2.24, 2.45) is 0 Å². The van der Waals surface area contributed by atoms with Gasteiger partial charge < -0.3 is 10.0 Å². The smallest absolute Gasteiger partial charge is 0.320 e. The monoisotopic (exact) mass is 250 g/mol. The number of hydrogen-bond acceptors (Lipinski definition) is 5. The minimum Gasteiger partial charge on any atom is -0.480 e. The fraction of sp³-hybridized carbons (Fsp3) is 0.583. The van der Waals surface area contributed by atoms with E-state index in [-0.39, 0.29) is 6.04 Å². The molecule has 1 N–H and O–H groups in total. The highest BCUT2D eigenvalue weighted by Gasteiger charge is 2.27. The summed E-state index contributed by atoms with van der Waals surface area (Å²) in [6, 6.07) is -0.367. The van der Waals surface area contributed by atoms with Crippen LogP contribution in [0.25, 0.3) is 0 Å². The van der Waals surface area contributed by atoms with Crippen molar-refractivity contribution in [1.29, 1.82) is 0 Å². The number of nitrogens with zero attached hydrogens (tertiary/aromatic N) is 4. The van der Waals surface area contributed by atoms with Gasteiger partial charge in [-0.2, -0.15) is 0 Å². The second-order valence-corrected chi connectivity index (χ2v) is 4.35. The summed E-state index contributed by atoms with van der Waals surface area (Å²) in [6.45, 7) is 5.00. The fourth-order valence-electron chi connectivity index (χ4n) is 2.31. The minimum absolute atomic E-state index is 0.367. The molecular weight excluding hydrogens is 232 g/mol. The van der Waals surface area contributed by atoms with Gasteiger partial charge >= 0.3 is 5.97 Å². The summed E-state index contributed by atoms with van der Waals surface area (Å²) in [4.78, 5) is 23.6. The summed E-state index contributed by atoms with van der Waals surface area (Å²) in [5.41, 5.74) is 0. The van der Waals surface area contributed by atoms with Crippen LogP contribution in [0.15, 0.2) is 18.6 Å². The number of piperazine rings is 1. The molecule has 1 aliphatic rings. The van der Waals surface area contributed by atoms with Gasteiger partial charge in [0.25, 0.3) is 0 Å². The molecule has 0 saturated carbocycles. The maximum atomic E-state index is 11.1. The van der Waals surface area contributed by atoms with Crippen LogP contribution in [-0.2, 0) is 4.79 Å². The predicted octanol–water partition coefficient (Wildman–Crippen LogP) is 0.462. The van der Waals surface area contributed by atoms with Gasteiger partial charge in [0, 0.05) is 38.6 Å². The topological polar surface area (TPSA) is 69.6 Å². The van der Waals surface area contributed by atoms with E-state index in [9.17, 15) is 4.79 Å². The first-order valence-electron chi connectivity index (χ1n) is 6.20. The van der Waals surface area contributed by atoms with Crippen molar-refractivity contribution >= 4 is 11.8 Å². The highest BCUT2D eigenvalue weighted by molar-refractivity contribution is 5.73. The Morgan fingerprint density at radius 2 is 2.11 bits per heavy atom. The lowest BCUT2D eigenvalue weighted by atomic mass is 10.1. The number of rotatable bonds is 4. The number of carboxylic acid groups (broad SMARTS) is 1. The maximum Gasteiger partial charge on any atom is 0.320 e. The summed E-state index contributed by atoms with van der Waals surface area (Å²) >= 11 is 0. The predicted molar refractivity (Wildman–Crippen MR) is 67.5 cm³/mol. The van der Waals surface area contributed by atoms with Gasteiger partial charge in [0.1, 0.15) is 11.9 Å². The highest BCUT2D eigenvalue weighted by Crippen LogP contribution is 2.14. The van der Waals surface area contributed by atoms with Crippen molar-refractivity contribution in [2.75, 3.05) is 31.1 Å². The molecule has 0 radical (unpaired) electrons. The lowest BCUT2D eigenvalue weighted by Gasteiger charge is -2.37. The van der Waals surface area contributed by atoms with Crippen molar-refractivity contribution < 1.29 is 9.90 Å². The van der Waals surface area contributed by atoms with Crippen LogP contribution < -0.4 is 4.90 Å². The number of aliphatic carboxylic acids is 1. The first-order chi connectivity index (χ1) is 8.72. The van der Waals surface area contributed by atoms with E-state index in [1.54, 1.807) is 18.6 Å². The van der Waals surface area contributed by atoms with Crippen LogP contribution in [-0.4, -0.2) is 58.2 Å². The van der Waals surface area contributed by atoms with Crippen LogP contribution in [0.3, 0.4) is 0 Å². The molecule has 0 spiro atoms. The summed E-state index contributed by atoms with van der Waals surface area (Å²) in [5, 5.41) is 9.13. The zero-order chi connectivity index (χ0) is 13.0. The second-order valence-electron chi connectivity index (χ2n) is 4.35. The molecule has 1 fully saturated rings. The van der Waals surface area contributed by atoms with Gasteiger partial charge in [0.15, 0.2) is 0 Å². The SMILES string of the molecule is CCC(C(=O)O)N1CCN(c2cnccn2)CC1. The summed E-state index contributed by atoms with van der Waals surface area (Å²) in [7, 11) is 0. The lowest BCUT2D eigenvalue weighted by molar-refractivity contribution is -0.143. The van der Waals surface area contributed by atoms with Gasteiger partial charge in [-0.05, 0) is 6.42 Å². The van der Waals surface area contributed by atoms with Gasteiger partial charge in [0.2, 0.25) is 0 Å². The van der Waals surface area contributed by atoms with Crippen molar-refractivity contribution in [3.63, 3.8) is 0 Å². The molecule has 1 atom stereocenters. The van der Waals surface area contributed by atoms with E-state index < -0.39 is 5.97 Å². The number of hydrogen-bond donors (Lipinski definition) is 1. The summed E-state index contributed by atoms with van der Waals surface area (Å²) in [5.74, 6) is 0.131. The number of anilines is 1. The van der Waals surface area contributed by atoms with Crippen LogP contribution in [0.1, 0.15) is 13.3 Å². The molecule has 2 heterocycles. The fourth-order valence-corrected chi connectivity index (χ4v) is 2.31. The minimum atomic E-state index is -0.731. The van der Waals surface area contributed by atoms with Gasteiger partial charge in [0.05, 0.1) is 6.20 Å². The molecule has 98 valence electrons. The Balaban J connectivity index is 1.94. The Bertz CT molecular complexity index is 390. The molecule has 18 heavy (non-hydrogen) atoms. The van der Waals surface area contributed by atoms with E-state index >= 15 is 0 Å². The van der Waals surface area contributed by atoms with Crippen molar-refractivity contribution in [3.05, 3.63) is 18.6 Å². The average molecular weight is 250 g/mol. The summed E-state index contributed by atoms with van der Waals surface area (Å²) < 4.78 is 0. The van der Waals surface area contributed by atoms with E-state index in [1.807, 2.05) is 11.8 Å². The van der Waals surface area contributed by atoms with Gasteiger partial charge in [-0.25, -0.2) is 4.98 Å². The van der Waals surface area contributed by atoms with Crippen LogP contribution in [0.5, 0.6) is 0 Å². The Morgan fingerprint density at radius 1 is 1.39 bits per heavy atom. The normalized spacial score (nSPS) is 18.6. The molecule has 1 aromatic rings. The van der Waals surface area contributed by atoms with Crippen molar-refractivity contribution in [2.45, 2.75) is 19.4 Å². The van der Waals surface area contributed by atoms with Crippen molar-refractivity contribution in [3.8, 4) is 0 Å². The molecule has 1 aromatic heterocycles. The van der Waals surface area contributed by atoms with E-state index in [0.29, 0.717) is 6.42 Å². The lowest BCUT2D eigenvalue weighted by Crippen LogP contribution is -2.52. The Kier molecular flexibility index (Phi) is 4.09. The Morgan fingerprint density at radius 3 is 2.61 bits per heavy atom. The molecule has 0 amide bonds. The van der Waals surface area contributed by atoms with Crippen molar-refractivity contribution in [1.82, 2.24) is 14.9 Å². The van der Waals surface area contributed by atoms with E-state index in [2.05, 4.69) is 14.9 Å². The third-order valence-corrected chi connectivity index (χ3v) is 3.30. The van der Waals surface area contributed by atoms with E-state index in [1.165, 1.54) is 0 Å². The van der Waals surface area contributed by atoms with E-state index in [0.717, 1.165) is 32.0 Å². The van der Waals surface area contributed by atoms with Crippen LogP contribution in [0.2, 0.25) is 0 Å². The van der Waals surface area contributed by atoms with Gasteiger partial charge in [-0.1, -0.05) is 6.92 Å². The van der Waals surface area contributed by atoms with Gasteiger partial charge in [-0.15, -0.1) is 0 Å². The molecule has 0 bridgehead atoms. The van der Waals surface area contributed by atoms with Crippen LogP contribution >= 0.6 is 0 Å². The number of aromatic nitrogens is 2. The van der Waals surface area contributed by atoms with Gasteiger partial charge in [-0.3, -0.25) is 14.7 Å². The third kappa shape index (κ3) is 2.76. The van der Waals surface area contributed by atoms with Crippen LogP contribution in [0, 0.1) is 0 Å². The first-order valence-corrected chi connectivity index (χ1v) is 6.20. The maximum absolute atomic E-state index is 11.1. The zero-order valence-corrected chi connectivity index (χ0v) is 10.5. The molecule has 0 aliphatic carbocycles. The molecule has 0 aromatic carbocycles. The van der Waals surface area contributed by atoms with E-state index in [4.69, 9.17) is 5.11 Å². The zero-order valence-electron chi connectivity index (χ0n) is 10.5. The molecule has 6 heteroatoms. The number of carbonyl (C=O) groups is 1. The molecule has 1 aliphatic heterocycles. The third-order valence-electron chi connectivity index (χ3n) is 3.30. The molecule has 2 rings (SSSR count). The largest absolute Gasteiger partial charge is 0.480 e. The number of carboxylic acids is 1. The second kappa shape index (κ2) is 5.77. The average Bonchev–Trinajstić information content (AvgIpc) is 2.41. The molecule has 6 nitrogen and oxygen atoms in total. The highest BCUT2D eigenvalue weighted by atomic mass is 16.4. The molecule has 1 saturated heterocycles.